The van der Waals surface area contributed by atoms with Crippen molar-refractivity contribution in [2.24, 2.45) is 0 Å². The second-order valence-electron chi connectivity index (χ2n) is 6.75. The number of hydrogen-bond donors (Lipinski definition) is 2. The van der Waals surface area contributed by atoms with Crippen molar-refractivity contribution in [1.29, 1.82) is 0 Å². The molecule has 0 fully saturated rings. The van der Waals surface area contributed by atoms with E-state index in [1.54, 1.807) is 31.2 Å². The smallest absolute Gasteiger partial charge is 0.265 e. The van der Waals surface area contributed by atoms with E-state index >= 15 is 0 Å². The van der Waals surface area contributed by atoms with E-state index < -0.39 is 21.7 Å². The minimum Gasteiger partial charge on any atom is -0.495 e. The van der Waals surface area contributed by atoms with Gasteiger partial charge in [0.05, 0.1) is 7.11 Å². The second kappa shape index (κ2) is 8.54. The first kappa shape index (κ1) is 21.3. The molecule has 3 rings (SSSR count). The summed E-state index contributed by atoms with van der Waals surface area (Å²) in [6, 6.07) is 14.9. The van der Waals surface area contributed by atoms with E-state index in [2.05, 4.69) is 10.0 Å². The summed E-state index contributed by atoms with van der Waals surface area (Å²) in [6.07, 6.45) is 0. The van der Waals surface area contributed by atoms with Gasteiger partial charge >= 0.3 is 0 Å². The summed E-state index contributed by atoms with van der Waals surface area (Å²) < 4.78 is 46.8. The fraction of sp³-hybridized carbons (Fsp3) is 0.136. The highest BCUT2D eigenvalue weighted by Gasteiger charge is 2.22. The molecular weight excluding hydrogens is 407 g/mol. The van der Waals surface area contributed by atoms with Crippen molar-refractivity contribution in [3.8, 4) is 5.75 Å². The summed E-state index contributed by atoms with van der Waals surface area (Å²) in [6.45, 7) is 3.56. The Kier molecular flexibility index (Phi) is 6.07. The van der Waals surface area contributed by atoms with Crippen LogP contribution in [0.4, 0.5) is 15.8 Å². The molecule has 3 aromatic rings. The van der Waals surface area contributed by atoms with Crippen LogP contribution in [0.1, 0.15) is 21.5 Å². The lowest BCUT2D eigenvalue weighted by Gasteiger charge is -2.14. The number of aryl methyl sites for hydroxylation is 2. The first-order valence-electron chi connectivity index (χ1n) is 9.04. The molecule has 0 spiro atoms. The molecule has 3 aromatic carbocycles. The Morgan fingerprint density at radius 3 is 2.30 bits per heavy atom. The van der Waals surface area contributed by atoms with E-state index in [0.29, 0.717) is 16.9 Å². The summed E-state index contributed by atoms with van der Waals surface area (Å²) in [5, 5.41) is 2.66. The van der Waals surface area contributed by atoms with Crippen molar-refractivity contribution in [2.75, 3.05) is 17.1 Å². The van der Waals surface area contributed by atoms with Gasteiger partial charge in [-0.25, -0.2) is 12.8 Å². The molecule has 2 N–H and O–H groups in total. The molecule has 6 nitrogen and oxygen atoms in total. The molecule has 0 aromatic heterocycles. The number of anilines is 2. The van der Waals surface area contributed by atoms with Gasteiger partial charge in [0.15, 0.2) is 0 Å². The highest BCUT2D eigenvalue weighted by molar-refractivity contribution is 7.92. The maximum atomic E-state index is 13.3. The van der Waals surface area contributed by atoms with Crippen LogP contribution in [0.2, 0.25) is 0 Å². The van der Waals surface area contributed by atoms with E-state index in [0.717, 1.165) is 5.56 Å². The van der Waals surface area contributed by atoms with E-state index in [-0.39, 0.29) is 16.2 Å². The number of amides is 1. The predicted molar refractivity (Wildman–Crippen MR) is 114 cm³/mol. The van der Waals surface area contributed by atoms with Crippen LogP contribution in [0.5, 0.6) is 5.75 Å². The van der Waals surface area contributed by atoms with Crippen molar-refractivity contribution in [2.45, 2.75) is 18.7 Å². The summed E-state index contributed by atoms with van der Waals surface area (Å²) in [4.78, 5) is 12.5. The predicted octanol–water partition coefficient (Wildman–Crippen LogP) is 4.50. The highest BCUT2D eigenvalue weighted by Crippen LogP contribution is 2.28. The van der Waals surface area contributed by atoms with Crippen LogP contribution in [-0.4, -0.2) is 21.4 Å². The molecule has 0 saturated heterocycles. The van der Waals surface area contributed by atoms with E-state index in [1.165, 1.54) is 43.5 Å². The van der Waals surface area contributed by atoms with E-state index in [9.17, 15) is 17.6 Å². The molecule has 0 saturated carbocycles. The molecule has 30 heavy (non-hydrogen) atoms. The van der Waals surface area contributed by atoms with Gasteiger partial charge in [-0.3, -0.25) is 9.52 Å². The number of rotatable bonds is 6. The zero-order valence-electron chi connectivity index (χ0n) is 16.7. The van der Waals surface area contributed by atoms with Gasteiger partial charge in [-0.05, 0) is 67.9 Å². The Labute approximate surface area is 174 Å². The van der Waals surface area contributed by atoms with Crippen molar-refractivity contribution in [3.63, 3.8) is 0 Å². The Morgan fingerprint density at radius 2 is 1.67 bits per heavy atom. The first-order valence-corrected chi connectivity index (χ1v) is 10.5. The van der Waals surface area contributed by atoms with Gasteiger partial charge in [-0.1, -0.05) is 17.7 Å². The van der Waals surface area contributed by atoms with Crippen LogP contribution in [0, 0.1) is 19.7 Å². The minimum absolute atomic E-state index is 0.101. The fourth-order valence-electron chi connectivity index (χ4n) is 2.82. The Hall–Kier alpha value is -3.39. The Balaban J connectivity index is 1.92. The maximum absolute atomic E-state index is 13.3. The molecule has 0 aliphatic rings. The molecule has 0 unspecified atom stereocenters. The van der Waals surface area contributed by atoms with E-state index in [4.69, 9.17) is 4.74 Å². The van der Waals surface area contributed by atoms with Crippen LogP contribution in [0.3, 0.4) is 0 Å². The third kappa shape index (κ3) is 4.77. The van der Waals surface area contributed by atoms with Gasteiger partial charge in [-0.2, -0.15) is 0 Å². The highest BCUT2D eigenvalue weighted by atomic mass is 32.2. The molecule has 156 valence electrons. The first-order chi connectivity index (χ1) is 14.2. The lowest BCUT2D eigenvalue weighted by atomic mass is 10.1. The van der Waals surface area contributed by atoms with Gasteiger partial charge < -0.3 is 10.1 Å². The van der Waals surface area contributed by atoms with Gasteiger partial charge in [0, 0.05) is 16.9 Å². The molecule has 8 heteroatoms. The molecule has 0 aliphatic heterocycles. The number of carbonyl (C=O) groups is 1. The van der Waals surface area contributed by atoms with Crippen LogP contribution < -0.4 is 14.8 Å². The second-order valence-corrected chi connectivity index (χ2v) is 8.40. The molecular formula is C22H21FN2O4S. The third-order valence-corrected chi connectivity index (χ3v) is 5.86. The number of methoxy groups -OCH3 is 1. The molecule has 0 aliphatic carbocycles. The number of ether oxygens (including phenoxy) is 1. The van der Waals surface area contributed by atoms with E-state index in [1.807, 2.05) is 6.92 Å². The number of hydrogen-bond acceptors (Lipinski definition) is 4. The summed E-state index contributed by atoms with van der Waals surface area (Å²) in [5.74, 6) is -0.839. The average Bonchev–Trinajstić information content (AvgIpc) is 2.71. The van der Waals surface area contributed by atoms with Crippen LogP contribution in [0.15, 0.2) is 65.6 Å². The van der Waals surface area contributed by atoms with Crippen molar-refractivity contribution in [1.82, 2.24) is 0 Å². The average molecular weight is 428 g/mol. The zero-order valence-corrected chi connectivity index (χ0v) is 17.5. The largest absolute Gasteiger partial charge is 0.495 e. The van der Waals surface area contributed by atoms with Gasteiger partial charge in [0.25, 0.3) is 15.9 Å². The molecule has 0 heterocycles. The summed E-state index contributed by atoms with van der Waals surface area (Å²) in [7, 11) is -2.67. The number of nitrogens with one attached hydrogen (secondary N) is 2. The normalized spacial score (nSPS) is 11.1. The number of halogens is 1. The number of benzene rings is 3. The monoisotopic (exact) mass is 428 g/mol. The lowest BCUT2D eigenvalue weighted by Crippen LogP contribution is -2.17. The topological polar surface area (TPSA) is 84.5 Å². The van der Waals surface area contributed by atoms with Crippen LogP contribution in [-0.2, 0) is 10.0 Å². The molecule has 1 amide bonds. The zero-order chi connectivity index (χ0) is 21.9. The standard InChI is InChI=1S/C22H21FN2O4S/c1-14-4-8-18(9-5-14)25-30(27,28)21-13-16(6-11-20(21)29-3)22(26)24-19-10-7-17(23)12-15(19)2/h4-13,25H,1-3H3,(H,24,26). The Bertz CT molecular complexity index is 1190. The maximum Gasteiger partial charge on any atom is 0.265 e. The van der Waals surface area contributed by atoms with Crippen LogP contribution >= 0.6 is 0 Å². The van der Waals surface area contributed by atoms with Crippen molar-refractivity contribution in [3.05, 3.63) is 83.2 Å². The number of carbonyl (C=O) groups excluding carboxylic acids is 1. The van der Waals surface area contributed by atoms with Gasteiger partial charge in [0.1, 0.15) is 16.5 Å². The molecule has 0 bridgehead atoms. The van der Waals surface area contributed by atoms with Crippen molar-refractivity contribution >= 4 is 27.3 Å². The lowest BCUT2D eigenvalue weighted by molar-refractivity contribution is 0.102. The van der Waals surface area contributed by atoms with Gasteiger partial charge in [-0.15, -0.1) is 0 Å². The van der Waals surface area contributed by atoms with Crippen LogP contribution in [0.25, 0.3) is 0 Å². The molecule has 0 radical (unpaired) electrons. The van der Waals surface area contributed by atoms with Gasteiger partial charge in [0.2, 0.25) is 0 Å². The summed E-state index contributed by atoms with van der Waals surface area (Å²) in [5.41, 5.74) is 2.47. The Morgan fingerprint density at radius 1 is 0.967 bits per heavy atom. The minimum atomic E-state index is -4.02. The SMILES string of the molecule is COc1ccc(C(=O)Nc2ccc(F)cc2C)cc1S(=O)(=O)Nc1ccc(C)cc1. The fourth-order valence-corrected chi connectivity index (χ4v) is 4.08. The quantitative estimate of drug-likeness (QED) is 0.605. The van der Waals surface area contributed by atoms with Crippen molar-refractivity contribution < 1.29 is 22.3 Å². The summed E-state index contributed by atoms with van der Waals surface area (Å²) >= 11 is 0. The molecule has 0 atom stereocenters. The number of sulfonamides is 1. The third-order valence-electron chi connectivity index (χ3n) is 4.46.